The molecule has 0 saturated carbocycles. The maximum Gasteiger partial charge on any atom is 0.311 e. The lowest BCUT2D eigenvalue weighted by molar-refractivity contribution is -0.385. The van der Waals surface area contributed by atoms with Crippen molar-refractivity contribution in [1.82, 2.24) is 0 Å². The van der Waals surface area contributed by atoms with Crippen LogP contribution in [0.4, 0.5) is 5.69 Å². The number of nitrogens with zero attached hydrogens (tertiary/aromatic N) is 1. The Bertz CT molecular complexity index is 354. The second-order valence-corrected chi connectivity index (χ2v) is 2.84. The summed E-state index contributed by atoms with van der Waals surface area (Å²) in [6.07, 6.45) is 0. The molecular weight excluding hydrogens is 200 g/mol. The van der Waals surface area contributed by atoms with E-state index in [2.05, 4.69) is 0 Å². The van der Waals surface area contributed by atoms with E-state index in [-0.39, 0.29) is 31.2 Å². The van der Waals surface area contributed by atoms with Crippen LogP contribution in [0.5, 0.6) is 5.75 Å². The van der Waals surface area contributed by atoms with Crippen molar-refractivity contribution in [3.05, 3.63) is 33.9 Å². The van der Waals surface area contributed by atoms with E-state index in [0.717, 1.165) is 0 Å². The lowest BCUT2D eigenvalue weighted by Crippen LogP contribution is -2.05. The van der Waals surface area contributed by atoms with E-state index in [1.807, 2.05) is 0 Å². The monoisotopic (exact) mass is 212 g/mol. The Kier molecular flexibility index (Phi) is 4.02. The highest BCUT2D eigenvalue weighted by Crippen LogP contribution is 2.27. The van der Waals surface area contributed by atoms with Gasteiger partial charge >= 0.3 is 5.69 Å². The van der Waals surface area contributed by atoms with Gasteiger partial charge < -0.3 is 15.6 Å². The first-order valence-corrected chi connectivity index (χ1v) is 4.40. The van der Waals surface area contributed by atoms with Gasteiger partial charge in [0.1, 0.15) is 6.61 Å². The smallest absolute Gasteiger partial charge is 0.311 e. The average molecular weight is 212 g/mol. The van der Waals surface area contributed by atoms with Crippen molar-refractivity contribution in [1.29, 1.82) is 0 Å². The number of nitro benzene ring substituents is 1. The minimum atomic E-state index is -0.536. The van der Waals surface area contributed by atoms with E-state index in [1.54, 1.807) is 6.07 Å². The van der Waals surface area contributed by atoms with Gasteiger partial charge in [-0.05, 0) is 11.6 Å². The van der Waals surface area contributed by atoms with Crippen molar-refractivity contribution in [3.8, 4) is 5.75 Å². The first kappa shape index (κ1) is 11.4. The molecule has 0 radical (unpaired) electrons. The number of aliphatic hydroxyl groups is 1. The maximum absolute atomic E-state index is 10.7. The molecule has 6 heteroatoms. The number of benzene rings is 1. The van der Waals surface area contributed by atoms with Crippen LogP contribution in [0, 0.1) is 10.1 Å². The van der Waals surface area contributed by atoms with Crippen LogP contribution in [-0.2, 0) is 6.54 Å². The summed E-state index contributed by atoms with van der Waals surface area (Å²) in [5.74, 6) is 0.145. The molecule has 0 bridgehead atoms. The predicted molar refractivity (Wildman–Crippen MR) is 53.6 cm³/mol. The summed E-state index contributed by atoms with van der Waals surface area (Å²) >= 11 is 0. The summed E-state index contributed by atoms with van der Waals surface area (Å²) in [6.45, 7) is 0.0831. The summed E-state index contributed by atoms with van der Waals surface area (Å²) in [4.78, 5) is 10.1. The second-order valence-electron chi connectivity index (χ2n) is 2.84. The topological polar surface area (TPSA) is 98.6 Å². The number of hydrogen-bond donors (Lipinski definition) is 2. The van der Waals surface area contributed by atoms with Crippen molar-refractivity contribution in [2.75, 3.05) is 13.2 Å². The summed E-state index contributed by atoms with van der Waals surface area (Å²) < 4.78 is 5.01. The summed E-state index contributed by atoms with van der Waals surface area (Å²) in [5.41, 5.74) is 5.90. The van der Waals surface area contributed by atoms with Crippen molar-refractivity contribution < 1.29 is 14.8 Å². The van der Waals surface area contributed by atoms with Crippen molar-refractivity contribution in [2.45, 2.75) is 6.54 Å². The normalized spacial score (nSPS) is 10.0. The molecule has 0 atom stereocenters. The van der Waals surface area contributed by atoms with E-state index in [9.17, 15) is 10.1 Å². The standard InChI is InChI=1S/C9H12N2O4/c10-6-7-1-2-9(15-4-3-12)8(5-7)11(13)14/h1-2,5,12H,3-4,6,10H2. The van der Waals surface area contributed by atoms with Crippen molar-refractivity contribution >= 4 is 5.69 Å². The van der Waals surface area contributed by atoms with Gasteiger partial charge in [0.05, 0.1) is 11.5 Å². The quantitative estimate of drug-likeness (QED) is 0.544. The molecule has 0 aliphatic carbocycles. The van der Waals surface area contributed by atoms with E-state index in [1.165, 1.54) is 12.1 Å². The molecule has 3 N–H and O–H groups in total. The fraction of sp³-hybridized carbons (Fsp3) is 0.333. The zero-order valence-corrected chi connectivity index (χ0v) is 8.05. The zero-order valence-electron chi connectivity index (χ0n) is 8.05. The van der Waals surface area contributed by atoms with Gasteiger partial charge in [0.2, 0.25) is 0 Å². The third-order valence-electron chi connectivity index (χ3n) is 1.80. The van der Waals surface area contributed by atoms with Gasteiger partial charge in [-0.1, -0.05) is 6.07 Å². The van der Waals surface area contributed by atoms with Gasteiger partial charge in [-0.15, -0.1) is 0 Å². The van der Waals surface area contributed by atoms with Crippen LogP contribution in [0.15, 0.2) is 18.2 Å². The molecular formula is C9H12N2O4. The van der Waals surface area contributed by atoms with Gasteiger partial charge in [-0.25, -0.2) is 0 Å². The fourth-order valence-corrected chi connectivity index (χ4v) is 1.11. The van der Waals surface area contributed by atoms with Gasteiger partial charge in [0.25, 0.3) is 0 Å². The third kappa shape index (κ3) is 2.90. The maximum atomic E-state index is 10.7. The summed E-state index contributed by atoms with van der Waals surface area (Å²) in [5, 5.41) is 19.2. The van der Waals surface area contributed by atoms with Gasteiger partial charge in [-0.2, -0.15) is 0 Å². The van der Waals surface area contributed by atoms with Crippen LogP contribution >= 0.6 is 0 Å². The molecule has 0 fully saturated rings. The highest BCUT2D eigenvalue weighted by molar-refractivity contribution is 5.48. The fourth-order valence-electron chi connectivity index (χ4n) is 1.11. The minimum absolute atomic E-state index is 0.0306. The first-order chi connectivity index (χ1) is 7.19. The molecule has 0 heterocycles. The Morgan fingerprint density at radius 3 is 2.80 bits per heavy atom. The number of nitro groups is 1. The van der Waals surface area contributed by atoms with Crippen molar-refractivity contribution in [3.63, 3.8) is 0 Å². The molecule has 0 aliphatic rings. The number of hydrogen-bond acceptors (Lipinski definition) is 5. The van der Waals surface area contributed by atoms with Crippen LogP contribution in [0.3, 0.4) is 0 Å². The molecule has 6 nitrogen and oxygen atoms in total. The molecule has 1 aromatic carbocycles. The number of aliphatic hydroxyl groups excluding tert-OH is 1. The average Bonchev–Trinajstić information content (AvgIpc) is 2.26. The largest absolute Gasteiger partial charge is 0.484 e. The van der Waals surface area contributed by atoms with Crippen LogP contribution in [0.1, 0.15) is 5.56 Å². The molecule has 15 heavy (non-hydrogen) atoms. The zero-order chi connectivity index (χ0) is 11.3. The molecule has 82 valence electrons. The highest BCUT2D eigenvalue weighted by atomic mass is 16.6. The van der Waals surface area contributed by atoms with E-state index >= 15 is 0 Å². The molecule has 0 spiro atoms. The van der Waals surface area contributed by atoms with Crippen LogP contribution in [-0.4, -0.2) is 23.2 Å². The Balaban J connectivity index is 2.98. The molecule has 1 aromatic rings. The van der Waals surface area contributed by atoms with Gasteiger partial charge in [0, 0.05) is 12.6 Å². The Hall–Kier alpha value is -1.66. The second kappa shape index (κ2) is 5.28. The number of nitrogens with two attached hydrogens (primary N) is 1. The van der Waals surface area contributed by atoms with Gasteiger partial charge in [-0.3, -0.25) is 10.1 Å². The van der Waals surface area contributed by atoms with Crippen LogP contribution in [0.25, 0.3) is 0 Å². The SMILES string of the molecule is NCc1ccc(OCCO)c([N+](=O)[O-])c1. The third-order valence-corrected chi connectivity index (χ3v) is 1.80. The van der Waals surface area contributed by atoms with Crippen LogP contribution < -0.4 is 10.5 Å². The Labute approximate surface area is 86.4 Å². The highest BCUT2D eigenvalue weighted by Gasteiger charge is 2.15. The van der Waals surface area contributed by atoms with E-state index in [4.69, 9.17) is 15.6 Å². The minimum Gasteiger partial charge on any atom is -0.484 e. The van der Waals surface area contributed by atoms with E-state index < -0.39 is 4.92 Å². The lowest BCUT2D eigenvalue weighted by atomic mass is 10.2. The molecule has 1 rings (SSSR count). The molecule has 0 aliphatic heterocycles. The molecule has 0 amide bonds. The number of rotatable bonds is 5. The Morgan fingerprint density at radius 1 is 1.53 bits per heavy atom. The lowest BCUT2D eigenvalue weighted by Gasteiger charge is -2.05. The molecule has 0 aromatic heterocycles. The van der Waals surface area contributed by atoms with Gasteiger partial charge in [0.15, 0.2) is 5.75 Å². The van der Waals surface area contributed by atoms with Crippen molar-refractivity contribution in [2.24, 2.45) is 5.73 Å². The van der Waals surface area contributed by atoms with Crippen LogP contribution in [0.2, 0.25) is 0 Å². The summed E-state index contributed by atoms with van der Waals surface area (Å²) in [6, 6.07) is 4.50. The predicted octanol–water partition coefficient (Wildman–Crippen LogP) is 0.425. The molecule has 0 unspecified atom stereocenters. The number of ether oxygens (including phenoxy) is 1. The summed E-state index contributed by atoms with van der Waals surface area (Å²) in [7, 11) is 0. The first-order valence-electron chi connectivity index (χ1n) is 4.40. The molecule has 0 saturated heterocycles. The Morgan fingerprint density at radius 2 is 2.27 bits per heavy atom. The van der Waals surface area contributed by atoms with E-state index in [0.29, 0.717) is 5.56 Å².